The SMILES string of the molecule is CCOC(=O)NC(CNC(=O)c1cc(C)n(-c2ccc(C#N)cc2)c1C)CC(C)C. The molecule has 1 aromatic carbocycles. The number of alkyl carbamates (subject to hydrolysis) is 1. The number of nitriles is 1. The highest BCUT2D eigenvalue weighted by molar-refractivity contribution is 5.96. The van der Waals surface area contributed by atoms with Crippen molar-refractivity contribution in [2.45, 2.75) is 47.1 Å². The van der Waals surface area contributed by atoms with Gasteiger partial charge < -0.3 is 19.9 Å². The molecule has 7 heteroatoms. The number of amides is 2. The molecule has 0 radical (unpaired) electrons. The van der Waals surface area contributed by atoms with E-state index in [2.05, 4.69) is 30.6 Å². The Kier molecular flexibility index (Phi) is 8.05. The number of ether oxygens (including phenoxy) is 1. The van der Waals surface area contributed by atoms with Gasteiger partial charge in [0.1, 0.15) is 0 Å². The van der Waals surface area contributed by atoms with Crippen LogP contribution in [-0.4, -0.2) is 35.8 Å². The van der Waals surface area contributed by atoms with Gasteiger partial charge >= 0.3 is 6.09 Å². The monoisotopic (exact) mass is 410 g/mol. The summed E-state index contributed by atoms with van der Waals surface area (Å²) in [4.78, 5) is 24.6. The Balaban J connectivity index is 2.14. The molecule has 0 spiro atoms. The lowest BCUT2D eigenvalue weighted by atomic mass is 10.0. The Morgan fingerprint density at radius 3 is 2.43 bits per heavy atom. The van der Waals surface area contributed by atoms with Gasteiger partial charge in [0.25, 0.3) is 5.91 Å². The number of benzene rings is 1. The summed E-state index contributed by atoms with van der Waals surface area (Å²) in [7, 11) is 0. The lowest BCUT2D eigenvalue weighted by molar-refractivity contribution is 0.0944. The summed E-state index contributed by atoms with van der Waals surface area (Å²) in [6.45, 7) is 10.3. The number of nitrogens with one attached hydrogen (secondary N) is 2. The zero-order chi connectivity index (χ0) is 22.3. The van der Waals surface area contributed by atoms with Crippen molar-refractivity contribution in [1.29, 1.82) is 5.26 Å². The van der Waals surface area contributed by atoms with Crippen LogP contribution in [0.15, 0.2) is 30.3 Å². The van der Waals surface area contributed by atoms with Crippen LogP contribution in [0.2, 0.25) is 0 Å². The third-order valence-electron chi connectivity index (χ3n) is 4.79. The topological polar surface area (TPSA) is 96.2 Å². The van der Waals surface area contributed by atoms with Gasteiger partial charge in [0.2, 0.25) is 0 Å². The zero-order valence-electron chi connectivity index (χ0n) is 18.3. The van der Waals surface area contributed by atoms with Crippen LogP contribution in [0.1, 0.15) is 54.5 Å². The van der Waals surface area contributed by atoms with Crippen LogP contribution in [0.3, 0.4) is 0 Å². The van der Waals surface area contributed by atoms with Gasteiger partial charge in [0.15, 0.2) is 0 Å². The molecule has 1 heterocycles. The highest BCUT2D eigenvalue weighted by Crippen LogP contribution is 2.21. The lowest BCUT2D eigenvalue weighted by Crippen LogP contribution is -2.44. The van der Waals surface area contributed by atoms with Crippen LogP contribution in [0.4, 0.5) is 4.79 Å². The minimum atomic E-state index is -0.476. The molecular formula is C23H30N4O3. The van der Waals surface area contributed by atoms with Crippen LogP contribution >= 0.6 is 0 Å². The highest BCUT2D eigenvalue weighted by atomic mass is 16.5. The number of carbonyl (C=O) groups is 2. The molecule has 160 valence electrons. The Morgan fingerprint density at radius 2 is 1.87 bits per heavy atom. The molecule has 0 aliphatic carbocycles. The van der Waals surface area contributed by atoms with E-state index >= 15 is 0 Å². The van der Waals surface area contributed by atoms with Gasteiger partial charge in [-0.3, -0.25) is 4.79 Å². The van der Waals surface area contributed by atoms with Gasteiger partial charge in [-0.05, 0) is 63.4 Å². The van der Waals surface area contributed by atoms with Crippen LogP contribution in [0, 0.1) is 31.1 Å². The van der Waals surface area contributed by atoms with Crippen molar-refractivity contribution in [3.8, 4) is 11.8 Å². The molecule has 7 nitrogen and oxygen atoms in total. The Bertz CT molecular complexity index is 923. The molecule has 1 aromatic heterocycles. The normalized spacial score (nSPS) is 11.6. The molecule has 0 saturated heterocycles. The Labute approximate surface area is 178 Å². The lowest BCUT2D eigenvalue weighted by Gasteiger charge is -2.20. The number of hydrogen-bond acceptors (Lipinski definition) is 4. The summed E-state index contributed by atoms with van der Waals surface area (Å²) in [6.07, 6.45) is 0.250. The van der Waals surface area contributed by atoms with Crippen LogP contribution < -0.4 is 10.6 Å². The van der Waals surface area contributed by atoms with Crippen molar-refractivity contribution in [2.75, 3.05) is 13.2 Å². The molecule has 2 aromatic rings. The fraction of sp³-hybridized carbons (Fsp3) is 0.435. The zero-order valence-corrected chi connectivity index (χ0v) is 18.3. The van der Waals surface area contributed by atoms with E-state index in [9.17, 15) is 9.59 Å². The number of aryl methyl sites for hydroxylation is 1. The molecule has 2 N–H and O–H groups in total. The second kappa shape index (κ2) is 10.5. The molecule has 0 aliphatic rings. The summed E-state index contributed by atoms with van der Waals surface area (Å²) in [6, 6.07) is 11.0. The van der Waals surface area contributed by atoms with E-state index in [1.807, 2.05) is 36.6 Å². The number of carbonyl (C=O) groups excluding carboxylic acids is 2. The predicted molar refractivity (Wildman–Crippen MR) is 116 cm³/mol. The second-order valence-corrected chi connectivity index (χ2v) is 7.68. The molecule has 0 fully saturated rings. The molecule has 2 rings (SSSR count). The largest absolute Gasteiger partial charge is 0.450 e. The van der Waals surface area contributed by atoms with Gasteiger partial charge in [-0.1, -0.05) is 13.8 Å². The third-order valence-corrected chi connectivity index (χ3v) is 4.79. The summed E-state index contributed by atoms with van der Waals surface area (Å²) < 4.78 is 6.95. The van der Waals surface area contributed by atoms with Gasteiger partial charge in [-0.25, -0.2) is 4.79 Å². The average molecular weight is 411 g/mol. The first-order valence-corrected chi connectivity index (χ1v) is 10.2. The quantitative estimate of drug-likeness (QED) is 0.691. The molecular weight excluding hydrogens is 380 g/mol. The van der Waals surface area contributed by atoms with Crippen molar-refractivity contribution in [2.24, 2.45) is 5.92 Å². The van der Waals surface area contributed by atoms with E-state index in [0.29, 0.717) is 30.2 Å². The minimum absolute atomic E-state index is 0.192. The molecule has 1 unspecified atom stereocenters. The van der Waals surface area contributed by atoms with Gasteiger partial charge in [-0.2, -0.15) is 5.26 Å². The van der Waals surface area contributed by atoms with Crippen molar-refractivity contribution in [3.63, 3.8) is 0 Å². The van der Waals surface area contributed by atoms with Crippen LogP contribution in [0.25, 0.3) is 5.69 Å². The summed E-state index contributed by atoms with van der Waals surface area (Å²) in [5.41, 5.74) is 3.80. The van der Waals surface area contributed by atoms with Crippen molar-refractivity contribution < 1.29 is 14.3 Å². The van der Waals surface area contributed by atoms with E-state index in [1.165, 1.54) is 0 Å². The van der Waals surface area contributed by atoms with E-state index in [1.54, 1.807) is 19.1 Å². The molecule has 0 bridgehead atoms. The van der Waals surface area contributed by atoms with Crippen LogP contribution in [-0.2, 0) is 4.74 Å². The van der Waals surface area contributed by atoms with Gasteiger partial charge in [0, 0.05) is 29.7 Å². The smallest absolute Gasteiger partial charge is 0.407 e. The van der Waals surface area contributed by atoms with Gasteiger partial charge in [0.05, 0.1) is 23.8 Å². The highest BCUT2D eigenvalue weighted by Gasteiger charge is 2.20. The van der Waals surface area contributed by atoms with Crippen molar-refractivity contribution in [1.82, 2.24) is 15.2 Å². The Hall–Kier alpha value is -3.27. The number of hydrogen-bond donors (Lipinski definition) is 2. The maximum atomic E-state index is 12.9. The molecule has 0 saturated carbocycles. The maximum absolute atomic E-state index is 12.9. The number of aromatic nitrogens is 1. The first-order valence-electron chi connectivity index (χ1n) is 10.2. The Morgan fingerprint density at radius 1 is 1.20 bits per heavy atom. The standard InChI is InChI=1S/C23H30N4O3/c1-6-30-23(29)26-19(11-15(2)3)14-25-22(28)21-12-16(4)27(17(21)5)20-9-7-18(13-24)8-10-20/h7-10,12,15,19H,6,11,14H2,1-5H3,(H,25,28)(H,26,29). The first-order chi connectivity index (χ1) is 14.3. The van der Waals surface area contributed by atoms with Crippen molar-refractivity contribution in [3.05, 3.63) is 52.8 Å². The van der Waals surface area contributed by atoms with E-state index in [0.717, 1.165) is 23.5 Å². The summed E-state index contributed by atoms with van der Waals surface area (Å²) >= 11 is 0. The maximum Gasteiger partial charge on any atom is 0.407 e. The second-order valence-electron chi connectivity index (χ2n) is 7.68. The average Bonchev–Trinajstić information content (AvgIpc) is 3.00. The summed E-state index contributed by atoms with van der Waals surface area (Å²) in [5, 5.41) is 14.7. The molecule has 30 heavy (non-hydrogen) atoms. The molecule has 1 atom stereocenters. The predicted octanol–water partition coefficient (Wildman–Crippen LogP) is 3.86. The van der Waals surface area contributed by atoms with E-state index in [4.69, 9.17) is 10.00 Å². The fourth-order valence-electron chi connectivity index (χ4n) is 3.49. The molecule has 0 aliphatic heterocycles. The van der Waals surface area contributed by atoms with E-state index in [-0.39, 0.29) is 11.9 Å². The number of rotatable bonds is 8. The third kappa shape index (κ3) is 5.86. The fourth-order valence-corrected chi connectivity index (χ4v) is 3.49. The van der Waals surface area contributed by atoms with Crippen LogP contribution in [0.5, 0.6) is 0 Å². The molecule has 2 amide bonds. The minimum Gasteiger partial charge on any atom is -0.450 e. The first kappa shape index (κ1) is 23.0. The number of nitrogens with zero attached hydrogens (tertiary/aromatic N) is 2. The van der Waals surface area contributed by atoms with Crippen molar-refractivity contribution >= 4 is 12.0 Å². The van der Waals surface area contributed by atoms with Gasteiger partial charge in [-0.15, -0.1) is 0 Å². The summed E-state index contributed by atoms with van der Waals surface area (Å²) in [5.74, 6) is 0.165. The van der Waals surface area contributed by atoms with E-state index < -0.39 is 6.09 Å².